The van der Waals surface area contributed by atoms with Gasteiger partial charge in [-0.1, -0.05) is 18.2 Å². The number of aromatic nitrogens is 2. The highest BCUT2D eigenvalue weighted by Gasteiger charge is 2.33. The van der Waals surface area contributed by atoms with Gasteiger partial charge in [-0.05, 0) is 32.4 Å². The van der Waals surface area contributed by atoms with E-state index in [2.05, 4.69) is 5.32 Å². The highest BCUT2D eigenvalue weighted by Crippen LogP contribution is 2.33. The standard InChI is InChI=1S/C20H24N4O2/c1-13-16-10-18(25)24(12-15-6-3-4-8-17(15)26-2)20(16)23-19(22-13)14-7-5-9-21-11-14/h3-4,6,8,14,21H,5,7,9-12H2,1-2H3/t14-/m1/s1. The molecule has 6 heteroatoms. The van der Waals surface area contributed by atoms with Crippen LogP contribution in [-0.4, -0.2) is 36.1 Å². The summed E-state index contributed by atoms with van der Waals surface area (Å²) in [6, 6.07) is 7.80. The molecule has 0 aliphatic carbocycles. The SMILES string of the molecule is COc1ccccc1CN1C(=O)Cc2c(C)nc([C@@H]3CCCNC3)nc21. The number of nitrogens with one attached hydrogen (secondary N) is 1. The van der Waals surface area contributed by atoms with Gasteiger partial charge < -0.3 is 10.1 Å². The maximum Gasteiger partial charge on any atom is 0.233 e. The third-order valence-electron chi connectivity index (χ3n) is 5.28. The van der Waals surface area contributed by atoms with Gasteiger partial charge in [0.05, 0.1) is 20.1 Å². The molecule has 1 fully saturated rings. The Bertz CT molecular complexity index is 831. The molecule has 1 aromatic heterocycles. The van der Waals surface area contributed by atoms with Crippen LogP contribution in [0.25, 0.3) is 0 Å². The summed E-state index contributed by atoms with van der Waals surface area (Å²) >= 11 is 0. The maximum absolute atomic E-state index is 12.7. The third kappa shape index (κ3) is 3.05. The quantitative estimate of drug-likeness (QED) is 0.915. The van der Waals surface area contributed by atoms with Gasteiger partial charge in [-0.3, -0.25) is 9.69 Å². The van der Waals surface area contributed by atoms with Crippen molar-refractivity contribution < 1.29 is 9.53 Å². The van der Waals surface area contributed by atoms with Crippen molar-refractivity contribution in [3.63, 3.8) is 0 Å². The largest absolute Gasteiger partial charge is 0.496 e. The monoisotopic (exact) mass is 352 g/mol. The number of hydrogen-bond acceptors (Lipinski definition) is 5. The Labute approximate surface area is 153 Å². The van der Waals surface area contributed by atoms with Crippen molar-refractivity contribution in [2.45, 2.75) is 38.6 Å². The first kappa shape index (κ1) is 17.0. The first-order chi connectivity index (χ1) is 12.7. The molecule has 1 aromatic carbocycles. The lowest BCUT2D eigenvalue weighted by molar-refractivity contribution is -0.117. The van der Waals surface area contributed by atoms with Crippen LogP contribution in [0.1, 0.15) is 41.4 Å². The summed E-state index contributed by atoms with van der Waals surface area (Å²) in [5.41, 5.74) is 2.86. The van der Waals surface area contributed by atoms with Crippen LogP contribution in [0, 0.1) is 6.92 Å². The van der Waals surface area contributed by atoms with Gasteiger partial charge >= 0.3 is 0 Å². The first-order valence-corrected chi connectivity index (χ1v) is 9.17. The van der Waals surface area contributed by atoms with Crippen LogP contribution in [0.5, 0.6) is 5.75 Å². The van der Waals surface area contributed by atoms with Gasteiger partial charge in [-0.25, -0.2) is 9.97 Å². The third-order valence-corrected chi connectivity index (χ3v) is 5.28. The molecule has 26 heavy (non-hydrogen) atoms. The molecule has 0 unspecified atom stereocenters. The van der Waals surface area contributed by atoms with Gasteiger partial charge in [-0.15, -0.1) is 0 Å². The number of anilines is 1. The molecular formula is C20H24N4O2. The van der Waals surface area contributed by atoms with Crippen LogP contribution >= 0.6 is 0 Å². The van der Waals surface area contributed by atoms with Gasteiger partial charge in [0.2, 0.25) is 5.91 Å². The van der Waals surface area contributed by atoms with E-state index in [0.717, 1.165) is 60.1 Å². The number of aryl methyl sites for hydroxylation is 1. The molecule has 6 nitrogen and oxygen atoms in total. The minimum Gasteiger partial charge on any atom is -0.496 e. The number of para-hydroxylation sites is 1. The topological polar surface area (TPSA) is 67.3 Å². The zero-order valence-corrected chi connectivity index (χ0v) is 15.3. The molecule has 136 valence electrons. The summed E-state index contributed by atoms with van der Waals surface area (Å²) in [6.45, 7) is 4.41. The number of rotatable bonds is 4. The van der Waals surface area contributed by atoms with E-state index in [1.165, 1.54) is 0 Å². The summed E-state index contributed by atoms with van der Waals surface area (Å²) in [5, 5.41) is 3.42. The molecule has 4 rings (SSSR count). The smallest absolute Gasteiger partial charge is 0.233 e. The Morgan fingerprint density at radius 3 is 2.92 bits per heavy atom. The van der Waals surface area contributed by atoms with E-state index < -0.39 is 0 Å². The van der Waals surface area contributed by atoms with Crippen molar-refractivity contribution in [3.8, 4) is 5.75 Å². The number of methoxy groups -OCH3 is 1. The van der Waals surface area contributed by atoms with Crippen molar-refractivity contribution in [2.24, 2.45) is 0 Å². The fourth-order valence-electron chi connectivity index (χ4n) is 3.82. The van der Waals surface area contributed by atoms with Crippen molar-refractivity contribution in [1.29, 1.82) is 0 Å². The average molecular weight is 352 g/mol. The number of amides is 1. The molecular weight excluding hydrogens is 328 g/mol. The van der Waals surface area contributed by atoms with Crippen molar-refractivity contribution in [2.75, 3.05) is 25.1 Å². The minimum absolute atomic E-state index is 0.0715. The molecule has 1 N–H and O–H groups in total. The minimum atomic E-state index is 0.0715. The molecule has 2 aromatic rings. The molecule has 1 amide bonds. The summed E-state index contributed by atoms with van der Waals surface area (Å²) < 4.78 is 5.44. The van der Waals surface area contributed by atoms with E-state index in [9.17, 15) is 4.79 Å². The van der Waals surface area contributed by atoms with E-state index in [-0.39, 0.29) is 5.91 Å². The summed E-state index contributed by atoms with van der Waals surface area (Å²) in [6.07, 6.45) is 2.60. The van der Waals surface area contributed by atoms with Crippen LogP contribution in [-0.2, 0) is 17.8 Å². The first-order valence-electron chi connectivity index (χ1n) is 9.17. The molecule has 1 atom stereocenters. The molecule has 0 saturated carbocycles. The second-order valence-corrected chi connectivity index (χ2v) is 6.98. The highest BCUT2D eigenvalue weighted by molar-refractivity contribution is 6.00. The number of ether oxygens (including phenoxy) is 1. The summed E-state index contributed by atoms with van der Waals surface area (Å²) in [7, 11) is 1.65. The van der Waals surface area contributed by atoms with Crippen molar-refractivity contribution in [3.05, 3.63) is 46.9 Å². The van der Waals surface area contributed by atoms with Gasteiger partial charge in [0.1, 0.15) is 17.4 Å². The highest BCUT2D eigenvalue weighted by atomic mass is 16.5. The maximum atomic E-state index is 12.7. The van der Waals surface area contributed by atoms with Gasteiger partial charge in [0.15, 0.2) is 0 Å². The van der Waals surface area contributed by atoms with Crippen LogP contribution < -0.4 is 15.0 Å². The molecule has 2 aliphatic rings. The van der Waals surface area contributed by atoms with Crippen molar-refractivity contribution >= 4 is 11.7 Å². The second-order valence-electron chi connectivity index (χ2n) is 6.98. The predicted octanol–water partition coefficient (Wildman–Crippen LogP) is 2.35. The lowest BCUT2D eigenvalue weighted by Crippen LogP contribution is -2.30. The summed E-state index contributed by atoms with van der Waals surface area (Å²) in [4.78, 5) is 24.0. The fourth-order valence-corrected chi connectivity index (χ4v) is 3.82. The fraction of sp³-hybridized carbons (Fsp3) is 0.450. The Morgan fingerprint density at radius 2 is 2.15 bits per heavy atom. The van der Waals surface area contributed by atoms with Crippen LogP contribution in [0.3, 0.4) is 0 Å². The number of fused-ring (bicyclic) bond motifs is 1. The van der Waals surface area contributed by atoms with E-state index in [4.69, 9.17) is 14.7 Å². The van der Waals surface area contributed by atoms with E-state index in [0.29, 0.717) is 18.9 Å². The van der Waals surface area contributed by atoms with Crippen molar-refractivity contribution in [1.82, 2.24) is 15.3 Å². The van der Waals surface area contributed by atoms with Gasteiger partial charge in [0, 0.05) is 29.3 Å². The number of piperidine rings is 1. The number of hydrogen-bond donors (Lipinski definition) is 1. The molecule has 0 radical (unpaired) electrons. The Kier molecular flexibility index (Phi) is 4.59. The number of nitrogens with zero attached hydrogens (tertiary/aromatic N) is 3. The zero-order chi connectivity index (χ0) is 18.1. The number of carbonyl (C=O) groups is 1. The van der Waals surface area contributed by atoms with Gasteiger partial charge in [-0.2, -0.15) is 0 Å². The normalized spacial score (nSPS) is 19.5. The van der Waals surface area contributed by atoms with Gasteiger partial charge in [0.25, 0.3) is 0 Å². The van der Waals surface area contributed by atoms with Crippen LogP contribution in [0.4, 0.5) is 5.82 Å². The van der Waals surface area contributed by atoms with Crippen LogP contribution in [0.2, 0.25) is 0 Å². The molecule has 2 aliphatic heterocycles. The van der Waals surface area contributed by atoms with Crippen LogP contribution in [0.15, 0.2) is 24.3 Å². The Balaban J connectivity index is 1.68. The molecule has 1 saturated heterocycles. The number of benzene rings is 1. The average Bonchev–Trinajstić information content (AvgIpc) is 2.99. The number of carbonyl (C=O) groups excluding carboxylic acids is 1. The van der Waals surface area contributed by atoms with E-state index in [1.807, 2.05) is 31.2 Å². The molecule has 0 spiro atoms. The predicted molar refractivity (Wildman–Crippen MR) is 99.5 cm³/mol. The van der Waals surface area contributed by atoms with E-state index >= 15 is 0 Å². The molecule has 0 bridgehead atoms. The Hall–Kier alpha value is -2.47. The Morgan fingerprint density at radius 1 is 1.31 bits per heavy atom. The summed E-state index contributed by atoms with van der Waals surface area (Å²) in [5.74, 6) is 2.80. The van der Waals surface area contributed by atoms with E-state index in [1.54, 1.807) is 12.0 Å². The lowest BCUT2D eigenvalue weighted by atomic mass is 9.98. The second kappa shape index (κ2) is 7.03. The zero-order valence-electron chi connectivity index (χ0n) is 15.3. The lowest BCUT2D eigenvalue weighted by Gasteiger charge is -2.24. The molecule has 3 heterocycles.